The second kappa shape index (κ2) is 6.96. The van der Waals surface area contributed by atoms with E-state index < -0.39 is 31.0 Å². The van der Waals surface area contributed by atoms with E-state index in [0.29, 0.717) is 0 Å². The minimum Gasteiger partial charge on any atom is -0.464 e. The van der Waals surface area contributed by atoms with Crippen LogP contribution in [0.1, 0.15) is 24.5 Å². The Hall–Kier alpha value is -2.01. The largest absolute Gasteiger partial charge is 0.464 e. The van der Waals surface area contributed by atoms with Gasteiger partial charge in [0.05, 0.1) is 18.5 Å². The van der Waals surface area contributed by atoms with Crippen molar-refractivity contribution in [3.05, 3.63) is 17.7 Å². The molecule has 1 aromatic rings. The van der Waals surface area contributed by atoms with Crippen molar-refractivity contribution in [2.75, 3.05) is 6.61 Å². The first-order chi connectivity index (χ1) is 9.36. The summed E-state index contributed by atoms with van der Waals surface area (Å²) in [7, 11) is 0. The van der Waals surface area contributed by atoms with Gasteiger partial charge in [-0.1, -0.05) is 0 Å². The standard InChI is InChI=1S/C10H16N4O6/c1-4(13-14-10(19)20)9-11-2-5(12-9)7(17)8(18)6(16)3-15/h2,6-8,14-18H,3H2,1H3,(H,11,12)(H,19,20). The van der Waals surface area contributed by atoms with Crippen LogP contribution in [0.25, 0.3) is 0 Å². The van der Waals surface area contributed by atoms with Gasteiger partial charge in [-0.15, -0.1) is 0 Å². The summed E-state index contributed by atoms with van der Waals surface area (Å²) in [5.74, 6) is 0.179. The van der Waals surface area contributed by atoms with E-state index in [9.17, 15) is 20.1 Å². The molecular weight excluding hydrogens is 272 g/mol. The van der Waals surface area contributed by atoms with E-state index in [1.807, 2.05) is 0 Å². The number of carbonyl (C=O) groups is 1. The maximum atomic E-state index is 10.3. The molecule has 0 aliphatic rings. The molecular formula is C10H16N4O6. The third-order valence-corrected chi connectivity index (χ3v) is 2.48. The summed E-state index contributed by atoms with van der Waals surface area (Å²) in [6.45, 7) is 0.770. The van der Waals surface area contributed by atoms with E-state index in [2.05, 4.69) is 15.1 Å². The fourth-order valence-electron chi connectivity index (χ4n) is 1.36. The average Bonchev–Trinajstić information content (AvgIpc) is 2.91. The van der Waals surface area contributed by atoms with Crippen LogP contribution in [-0.4, -0.2) is 66.1 Å². The van der Waals surface area contributed by atoms with Crippen LogP contribution < -0.4 is 5.43 Å². The van der Waals surface area contributed by atoms with Crippen LogP contribution >= 0.6 is 0 Å². The number of hydrogen-bond donors (Lipinski definition) is 7. The Kier molecular flexibility index (Phi) is 5.58. The predicted molar refractivity (Wildman–Crippen MR) is 66.0 cm³/mol. The fourth-order valence-corrected chi connectivity index (χ4v) is 1.36. The molecule has 3 unspecified atom stereocenters. The molecule has 3 atom stereocenters. The smallest absolute Gasteiger partial charge is 0.425 e. The highest BCUT2D eigenvalue weighted by Crippen LogP contribution is 2.17. The van der Waals surface area contributed by atoms with Crippen LogP contribution in [0, 0.1) is 0 Å². The van der Waals surface area contributed by atoms with Gasteiger partial charge in [0.15, 0.2) is 5.82 Å². The molecule has 112 valence electrons. The molecule has 0 aromatic carbocycles. The summed E-state index contributed by atoms with van der Waals surface area (Å²) in [6, 6.07) is 0. The lowest BCUT2D eigenvalue weighted by Crippen LogP contribution is -2.34. The van der Waals surface area contributed by atoms with Crippen LogP contribution in [-0.2, 0) is 0 Å². The number of nitrogens with one attached hydrogen (secondary N) is 2. The molecule has 0 fully saturated rings. The number of hydrogen-bond acceptors (Lipinski definition) is 7. The molecule has 0 saturated heterocycles. The van der Waals surface area contributed by atoms with Gasteiger partial charge in [-0.05, 0) is 6.92 Å². The van der Waals surface area contributed by atoms with Crippen LogP contribution in [0.2, 0.25) is 0 Å². The van der Waals surface area contributed by atoms with Crippen LogP contribution in [0.3, 0.4) is 0 Å². The summed E-state index contributed by atoms with van der Waals surface area (Å²) >= 11 is 0. The number of H-pyrrole nitrogens is 1. The van der Waals surface area contributed by atoms with Crippen molar-refractivity contribution >= 4 is 11.8 Å². The summed E-state index contributed by atoms with van der Waals surface area (Å²) in [5.41, 5.74) is 2.09. The van der Waals surface area contributed by atoms with Crippen molar-refractivity contribution in [1.82, 2.24) is 15.4 Å². The molecule has 1 aromatic heterocycles. The minimum atomic E-state index is -1.59. The van der Waals surface area contributed by atoms with Gasteiger partial charge in [0.1, 0.15) is 24.0 Å². The zero-order chi connectivity index (χ0) is 15.3. The number of imidazole rings is 1. The monoisotopic (exact) mass is 288 g/mol. The van der Waals surface area contributed by atoms with E-state index in [1.54, 1.807) is 5.43 Å². The Balaban J connectivity index is 2.81. The second-order valence-electron chi connectivity index (χ2n) is 3.99. The summed E-state index contributed by atoms with van der Waals surface area (Å²) in [5, 5.41) is 49.1. The molecule has 0 aliphatic carbocycles. The third-order valence-electron chi connectivity index (χ3n) is 2.48. The first kappa shape index (κ1) is 16.0. The van der Waals surface area contributed by atoms with Crippen molar-refractivity contribution in [1.29, 1.82) is 0 Å². The number of carboxylic acid groups (broad SMARTS) is 1. The predicted octanol–water partition coefficient (Wildman–Crippen LogP) is -1.85. The second-order valence-corrected chi connectivity index (χ2v) is 3.99. The Morgan fingerprint density at radius 3 is 2.70 bits per heavy atom. The van der Waals surface area contributed by atoms with Crippen molar-refractivity contribution < 1.29 is 30.3 Å². The number of hydrazone groups is 1. The average molecular weight is 288 g/mol. The fraction of sp³-hybridized carbons (Fsp3) is 0.500. The Bertz CT molecular complexity index is 488. The van der Waals surface area contributed by atoms with Crippen LogP contribution in [0.5, 0.6) is 0 Å². The highest BCUT2D eigenvalue weighted by atomic mass is 16.4. The van der Waals surface area contributed by atoms with Crippen LogP contribution in [0.15, 0.2) is 11.3 Å². The van der Waals surface area contributed by atoms with E-state index in [4.69, 9.17) is 10.2 Å². The lowest BCUT2D eigenvalue weighted by molar-refractivity contribution is -0.0788. The lowest BCUT2D eigenvalue weighted by Gasteiger charge is -2.20. The molecule has 0 radical (unpaired) electrons. The van der Waals surface area contributed by atoms with Gasteiger partial charge in [-0.25, -0.2) is 15.2 Å². The lowest BCUT2D eigenvalue weighted by atomic mass is 10.1. The number of nitrogens with zero attached hydrogens (tertiary/aromatic N) is 2. The number of rotatable bonds is 6. The Morgan fingerprint density at radius 2 is 2.15 bits per heavy atom. The first-order valence-corrected chi connectivity index (χ1v) is 5.60. The molecule has 10 heteroatoms. The molecule has 10 nitrogen and oxygen atoms in total. The van der Waals surface area contributed by atoms with E-state index in [-0.39, 0.29) is 17.2 Å². The molecule has 20 heavy (non-hydrogen) atoms. The molecule has 0 spiro atoms. The van der Waals surface area contributed by atoms with Crippen molar-refractivity contribution in [3.63, 3.8) is 0 Å². The number of amides is 1. The van der Waals surface area contributed by atoms with Crippen LogP contribution in [0.4, 0.5) is 4.79 Å². The highest BCUT2D eigenvalue weighted by Gasteiger charge is 2.27. The van der Waals surface area contributed by atoms with E-state index in [0.717, 1.165) is 0 Å². The van der Waals surface area contributed by atoms with Gasteiger partial charge < -0.3 is 30.5 Å². The van der Waals surface area contributed by atoms with Gasteiger partial charge in [0.2, 0.25) is 0 Å². The van der Waals surface area contributed by atoms with Gasteiger partial charge in [-0.2, -0.15) is 5.10 Å². The molecule has 7 N–H and O–H groups in total. The third kappa shape index (κ3) is 3.99. The number of aliphatic hydroxyl groups excluding tert-OH is 4. The molecule has 0 saturated carbocycles. The van der Waals surface area contributed by atoms with Crippen molar-refractivity contribution in [2.24, 2.45) is 5.10 Å². The summed E-state index contributed by atoms with van der Waals surface area (Å²) in [6.07, 6.45) is -4.72. The maximum Gasteiger partial charge on any atom is 0.425 e. The molecule has 1 rings (SSSR count). The summed E-state index contributed by atoms with van der Waals surface area (Å²) in [4.78, 5) is 16.7. The zero-order valence-electron chi connectivity index (χ0n) is 10.6. The van der Waals surface area contributed by atoms with Gasteiger partial charge in [0.25, 0.3) is 0 Å². The van der Waals surface area contributed by atoms with E-state index in [1.165, 1.54) is 13.1 Å². The number of aliphatic hydroxyl groups is 4. The molecule has 1 amide bonds. The van der Waals surface area contributed by atoms with Crippen molar-refractivity contribution in [2.45, 2.75) is 25.2 Å². The molecule has 0 aliphatic heterocycles. The SMILES string of the molecule is CC(=NNC(=O)O)c1ncc(C(O)C(O)C(O)CO)[nH]1. The topological polar surface area (TPSA) is 171 Å². The highest BCUT2D eigenvalue weighted by molar-refractivity contribution is 5.95. The maximum absolute atomic E-state index is 10.3. The quantitative estimate of drug-likeness (QED) is 0.238. The van der Waals surface area contributed by atoms with Gasteiger partial charge >= 0.3 is 6.09 Å². The summed E-state index contributed by atoms with van der Waals surface area (Å²) < 4.78 is 0. The first-order valence-electron chi connectivity index (χ1n) is 5.60. The Labute approximate surface area is 113 Å². The van der Waals surface area contributed by atoms with Gasteiger partial charge in [0, 0.05) is 0 Å². The minimum absolute atomic E-state index is 0.0878. The van der Waals surface area contributed by atoms with E-state index >= 15 is 0 Å². The zero-order valence-corrected chi connectivity index (χ0v) is 10.6. The Morgan fingerprint density at radius 1 is 1.50 bits per heavy atom. The van der Waals surface area contributed by atoms with Crippen molar-refractivity contribution in [3.8, 4) is 0 Å². The number of aromatic nitrogens is 2. The molecule has 1 heterocycles. The van der Waals surface area contributed by atoms with Gasteiger partial charge in [-0.3, -0.25) is 0 Å². The normalized spacial score (nSPS) is 16.6. The molecule has 0 bridgehead atoms. The number of aromatic amines is 1.